The fourth-order valence-corrected chi connectivity index (χ4v) is 4.08. The molecule has 1 aliphatic rings. The van der Waals surface area contributed by atoms with E-state index in [1.165, 1.54) is 18.2 Å². The van der Waals surface area contributed by atoms with E-state index in [1.807, 2.05) is 0 Å². The lowest BCUT2D eigenvalue weighted by Crippen LogP contribution is -2.29. The number of fused-ring (bicyclic) bond motifs is 1. The molecule has 4 rings (SSSR count). The van der Waals surface area contributed by atoms with Gasteiger partial charge in [0.15, 0.2) is 0 Å². The van der Waals surface area contributed by atoms with Crippen LogP contribution in [0.2, 0.25) is 4.34 Å². The van der Waals surface area contributed by atoms with Crippen LogP contribution < -0.4 is 5.32 Å². The highest BCUT2D eigenvalue weighted by Gasteiger charge is 2.37. The molecule has 0 radical (unpaired) electrons. The summed E-state index contributed by atoms with van der Waals surface area (Å²) in [5.41, 5.74) is 1.28. The molecule has 7 nitrogen and oxygen atoms in total. The topological polar surface area (TPSA) is 104 Å². The Balaban J connectivity index is 1.59. The summed E-state index contributed by atoms with van der Waals surface area (Å²) >= 11 is 6.97. The van der Waals surface area contributed by atoms with Crippen LogP contribution in [0.25, 0.3) is 0 Å². The van der Waals surface area contributed by atoms with Crippen LogP contribution in [0.3, 0.4) is 0 Å². The van der Waals surface area contributed by atoms with Gasteiger partial charge in [0.1, 0.15) is 0 Å². The molecular weight excluding hydrogens is 428 g/mol. The van der Waals surface area contributed by atoms with Crippen LogP contribution in [-0.4, -0.2) is 33.7 Å². The third kappa shape index (κ3) is 3.58. The van der Waals surface area contributed by atoms with Crippen LogP contribution in [0.15, 0.2) is 54.6 Å². The lowest BCUT2D eigenvalue weighted by atomic mass is 10.1. The summed E-state index contributed by atoms with van der Waals surface area (Å²) in [6.45, 7) is -0.0137. The van der Waals surface area contributed by atoms with Crippen molar-refractivity contribution < 1.29 is 24.3 Å². The molecule has 30 heavy (non-hydrogen) atoms. The standard InChI is InChI=1S/C21H13ClN2O5S/c22-16-9-8-15(30-16)18(25)23-14-3-1-2-13-17(14)20(27)24(19(13)26)10-11-4-6-12(7-5-11)21(28)29/h1-9H,10H2,(H,23,25)(H,28,29). The van der Waals surface area contributed by atoms with E-state index >= 15 is 0 Å². The molecular formula is C21H13ClN2O5S. The number of imide groups is 1. The zero-order valence-electron chi connectivity index (χ0n) is 15.2. The number of rotatable bonds is 5. The molecule has 0 saturated carbocycles. The van der Waals surface area contributed by atoms with E-state index < -0.39 is 23.7 Å². The highest BCUT2D eigenvalue weighted by Crippen LogP contribution is 2.31. The first kappa shape index (κ1) is 19.8. The van der Waals surface area contributed by atoms with E-state index in [9.17, 15) is 19.2 Å². The summed E-state index contributed by atoms with van der Waals surface area (Å²) in [5.74, 6) is -2.50. The minimum Gasteiger partial charge on any atom is -0.478 e. The molecule has 3 amide bonds. The zero-order valence-corrected chi connectivity index (χ0v) is 16.8. The van der Waals surface area contributed by atoms with Crippen molar-refractivity contribution in [2.24, 2.45) is 0 Å². The first-order valence-corrected chi connectivity index (χ1v) is 9.92. The quantitative estimate of drug-likeness (QED) is 0.580. The van der Waals surface area contributed by atoms with E-state index in [0.29, 0.717) is 14.8 Å². The Morgan fingerprint density at radius 3 is 2.37 bits per heavy atom. The number of benzene rings is 2. The molecule has 0 fully saturated rings. The second-order valence-corrected chi connectivity index (χ2v) is 8.20. The zero-order chi connectivity index (χ0) is 21.4. The number of carbonyl (C=O) groups excluding carboxylic acids is 3. The summed E-state index contributed by atoms with van der Waals surface area (Å²) in [7, 11) is 0. The SMILES string of the molecule is O=C(O)c1ccc(CN2C(=O)c3cccc(NC(=O)c4ccc(Cl)s4)c3C2=O)cc1. The Bertz CT molecular complexity index is 1200. The molecule has 0 aliphatic carbocycles. The number of hydrogen-bond acceptors (Lipinski definition) is 5. The van der Waals surface area contributed by atoms with Gasteiger partial charge in [-0.2, -0.15) is 0 Å². The Morgan fingerprint density at radius 1 is 1.00 bits per heavy atom. The Hall–Kier alpha value is -3.49. The van der Waals surface area contributed by atoms with Gasteiger partial charge in [0, 0.05) is 0 Å². The van der Waals surface area contributed by atoms with Gasteiger partial charge in [-0.05, 0) is 42.0 Å². The van der Waals surface area contributed by atoms with Crippen molar-refractivity contribution in [3.05, 3.63) is 86.1 Å². The molecule has 0 unspecified atom stereocenters. The molecule has 0 atom stereocenters. The van der Waals surface area contributed by atoms with E-state index in [1.54, 1.807) is 36.4 Å². The number of hydrogen-bond donors (Lipinski definition) is 2. The molecule has 3 aromatic rings. The van der Waals surface area contributed by atoms with E-state index in [0.717, 1.165) is 16.2 Å². The van der Waals surface area contributed by atoms with Gasteiger partial charge in [0.05, 0.1) is 38.1 Å². The van der Waals surface area contributed by atoms with Gasteiger partial charge in [0.25, 0.3) is 17.7 Å². The predicted octanol–water partition coefficient (Wildman–Crippen LogP) is 4.15. The van der Waals surface area contributed by atoms with Crippen molar-refractivity contribution in [1.82, 2.24) is 4.90 Å². The monoisotopic (exact) mass is 440 g/mol. The van der Waals surface area contributed by atoms with E-state index in [2.05, 4.69) is 5.32 Å². The number of amides is 3. The number of aromatic carboxylic acids is 1. The molecule has 2 aromatic carbocycles. The van der Waals surface area contributed by atoms with Gasteiger partial charge in [-0.15, -0.1) is 11.3 Å². The summed E-state index contributed by atoms with van der Waals surface area (Å²) in [5, 5.41) is 11.7. The highest BCUT2D eigenvalue weighted by molar-refractivity contribution is 7.18. The first-order valence-electron chi connectivity index (χ1n) is 8.73. The predicted molar refractivity (Wildman–Crippen MR) is 111 cm³/mol. The molecule has 150 valence electrons. The maximum Gasteiger partial charge on any atom is 0.335 e. The van der Waals surface area contributed by atoms with Gasteiger partial charge < -0.3 is 10.4 Å². The normalized spacial score (nSPS) is 12.8. The Labute approximate surface area is 179 Å². The van der Waals surface area contributed by atoms with Crippen LogP contribution >= 0.6 is 22.9 Å². The summed E-state index contributed by atoms with van der Waals surface area (Å²) in [6, 6.07) is 13.8. The second-order valence-electron chi connectivity index (χ2n) is 6.48. The first-order chi connectivity index (χ1) is 14.3. The molecule has 0 bridgehead atoms. The fourth-order valence-electron chi connectivity index (χ4n) is 3.14. The Morgan fingerprint density at radius 2 is 1.73 bits per heavy atom. The summed E-state index contributed by atoms with van der Waals surface area (Å²) in [4.78, 5) is 50.6. The minimum absolute atomic E-state index is 0.0137. The molecule has 1 aromatic heterocycles. The average molecular weight is 441 g/mol. The molecule has 2 N–H and O–H groups in total. The lowest BCUT2D eigenvalue weighted by Gasteiger charge is -2.14. The van der Waals surface area contributed by atoms with Gasteiger partial charge >= 0.3 is 5.97 Å². The largest absolute Gasteiger partial charge is 0.478 e. The van der Waals surface area contributed by atoms with Crippen molar-refractivity contribution in [2.45, 2.75) is 6.54 Å². The van der Waals surface area contributed by atoms with Crippen molar-refractivity contribution in [2.75, 3.05) is 5.32 Å². The molecule has 0 spiro atoms. The second kappa shape index (κ2) is 7.74. The van der Waals surface area contributed by atoms with Crippen molar-refractivity contribution in [3.63, 3.8) is 0 Å². The number of thiophene rings is 1. The van der Waals surface area contributed by atoms with Crippen LogP contribution in [-0.2, 0) is 6.54 Å². The van der Waals surface area contributed by atoms with Crippen molar-refractivity contribution in [1.29, 1.82) is 0 Å². The maximum absolute atomic E-state index is 13.0. The lowest BCUT2D eigenvalue weighted by molar-refractivity contribution is 0.0638. The number of anilines is 1. The van der Waals surface area contributed by atoms with E-state index in [4.69, 9.17) is 16.7 Å². The Kier molecular flexibility index (Phi) is 5.11. The number of carbonyl (C=O) groups is 4. The van der Waals surface area contributed by atoms with Crippen LogP contribution in [0.4, 0.5) is 5.69 Å². The molecule has 0 saturated heterocycles. The van der Waals surface area contributed by atoms with Gasteiger partial charge in [0.2, 0.25) is 0 Å². The van der Waals surface area contributed by atoms with Crippen LogP contribution in [0, 0.1) is 0 Å². The smallest absolute Gasteiger partial charge is 0.335 e. The average Bonchev–Trinajstić information content (AvgIpc) is 3.26. The maximum atomic E-state index is 13.0. The molecule has 9 heteroatoms. The molecule has 1 aliphatic heterocycles. The van der Waals surface area contributed by atoms with Crippen molar-refractivity contribution in [3.8, 4) is 0 Å². The summed E-state index contributed by atoms with van der Waals surface area (Å²) < 4.78 is 0.463. The highest BCUT2D eigenvalue weighted by atomic mass is 35.5. The van der Waals surface area contributed by atoms with Gasteiger partial charge in [-0.3, -0.25) is 19.3 Å². The summed E-state index contributed by atoms with van der Waals surface area (Å²) in [6.07, 6.45) is 0. The third-order valence-corrected chi connectivity index (χ3v) is 5.82. The van der Waals surface area contributed by atoms with Crippen LogP contribution in [0.1, 0.15) is 46.3 Å². The number of nitrogens with zero attached hydrogens (tertiary/aromatic N) is 1. The third-order valence-electron chi connectivity index (χ3n) is 4.59. The number of carboxylic acid groups (broad SMARTS) is 1. The number of nitrogens with one attached hydrogen (secondary N) is 1. The van der Waals surface area contributed by atoms with Gasteiger partial charge in [-0.25, -0.2) is 4.79 Å². The minimum atomic E-state index is -1.06. The molecule has 2 heterocycles. The van der Waals surface area contributed by atoms with E-state index in [-0.39, 0.29) is 28.9 Å². The fraction of sp³-hybridized carbons (Fsp3) is 0.0476. The number of carboxylic acids is 1. The number of halogens is 1. The van der Waals surface area contributed by atoms with Gasteiger partial charge in [-0.1, -0.05) is 29.8 Å². The van der Waals surface area contributed by atoms with Crippen LogP contribution in [0.5, 0.6) is 0 Å². The van der Waals surface area contributed by atoms with Crippen molar-refractivity contribution >= 4 is 52.3 Å².